The summed E-state index contributed by atoms with van der Waals surface area (Å²) in [7, 11) is 0. The fraction of sp³-hybridized carbons (Fsp3) is 0.357. The molecule has 18 heavy (non-hydrogen) atoms. The van der Waals surface area contributed by atoms with E-state index in [9.17, 15) is 0 Å². The van der Waals surface area contributed by atoms with Crippen LogP contribution in [0.2, 0.25) is 0 Å². The first-order chi connectivity index (χ1) is 8.61. The number of nitrogens with zero attached hydrogens (tertiary/aromatic N) is 1. The van der Waals surface area contributed by atoms with Crippen molar-refractivity contribution in [1.82, 2.24) is 5.16 Å². The molecule has 1 aromatic heterocycles. The van der Waals surface area contributed by atoms with Gasteiger partial charge in [-0.1, -0.05) is 31.1 Å². The van der Waals surface area contributed by atoms with Gasteiger partial charge in [0.25, 0.3) is 0 Å². The lowest BCUT2D eigenvalue weighted by Crippen LogP contribution is -1.98. The van der Waals surface area contributed by atoms with Crippen LogP contribution in [0.3, 0.4) is 0 Å². The van der Waals surface area contributed by atoms with E-state index in [-0.39, 0.29) is 0 Å². The summed E-state index contributed by atoms with van der Waals surface area (Å²) in [5, 5.41) is 4.56. The molecule has 0 fully saturated rings. The zero-order valence-electron chi connectivity index (χ0n) is 10.9. The Hall–Kier alpha value is -1.26. The van der Waals surface area contributed by atoms with Gasteiger partial charge in [-0.2, -0.15) is 0 Å². The van der Waals surface area contributed by atoms with Crippen molar-refractivity contribution in [3.8, 4) is 11.3 Å². The molecule has 0 atom stereocenters. The molecule has 2 aromatic rings. The van der Waals surface area contributed by atoms with Crippen LogP contribution in [0, 0.1) is 6.92 Å². The smallest absolute Gasteiger partial charge is 0.171 e. The fourth-order valence-corrected chi connectivity index (χ4v) is 2.65. The second-order valence-corrected chi connectivity index (χ2v) is 6.12. The average molecular weight is 262 g/mol. The molecule has 0 aliphatic carbocycles. The van der Waals surface area contributed by atoms with Gasteiger partial charge in [0.1, 0.15) is 0 Å². The molecule has 1 heterocycles. The lowest BCUT2D eigenvalue weighted by Gasteiger charge is -2.05. The highest BCUT2D eigenvalue weighted by Gasteiger charge is 2.13. The summed E-state index contributed by atoms with van der Waals surface area (Å²) >= 11 is 1.85. The minimum absolute atomic E-state index is 0.452. The molecule has 0 unspecified atom stereocenters. The lowest BCUT2D eigenvalue weighted by molar-refractivity contribution is 0.426. The Morgan fingerprint density at radius 3 is 2.50 bits per heavy atom. The highest BCUT2D eigenvalue weighted by atomic mass is 32.2. The van der Waals surface area contributed by atoms with Crippen molar-refractivity contribution in [3.63, 3.8) is 0 Å². The molecule has 0 spiro atoms. The Balaban J connectivity index is 2.28. The molecule has 1 aromatic carbocycles. The van der Waals surface area contributed by atoms with Crippen LogP contribution in [0.5, 0.6) is 0 Å². The topological polar surface area (TPSA) is 52.0 Å². The van der Waals surface area contributed by atoms with Crippen molar-refractivity contribution in [2.24, 2.45) is 5.73 Å². The standard InChI is InChI=1S/C14H18N2OS/c1-9(2)18-12-6-4-11(5-7-12)14-13(8-15)10(3)16-17-14/h4-7,9H,8,15H2,1-3H3. The Labute approximate surface area is 112 Å². The number of rotatable bonds is 4. The zero-order chi connectivity index (χ0) is 13.1. The van der Waals surface area contributed by atoms with Crippen LogP contribution < -0.4 is 5.73 Å². The molecule has 0 aliphatic heterocycles. The van der Waals surface area contributed by atoms with Crippen LogP contribution in [0.25, 0.3) is 11.3 Å². The number of nitrogens with two attached hydrogens (primary N) is 1. The Bertz CT molecular complexity index is 517. The van der Waals surface area contributed by atoms with Gasteiger partial charge in [-0.15, -0.1) is 11.8 Å². The first-order valence-electron chi connectivity index (χ1n) is 6.04. The molecule has 0 saturated heterocycles. The van der Waals surface area contributed by atoms with E-state index in [0.717, 1.165) is 22.6 Å². The van der Waals surface area contributed by atoms with Gasteiger partial charge in [-0.3, -0.25) is 0 Å². The maximum absolute atomic E-state index is 5.72. The number of aromatic nitrogens is 1. The van der Waals surface area contributed by atoms with Crippen LogP contribution >= 0.6 is 11.8 Å². The third-order valence-electron chi connectivity index (χ3n) is 2.68. The van der Waals surface area contributed by atoms with Gasteiger partial charge in [0, 0.05) is 27.8 Å². The molecule has 0 saturated carbocycles. The zero-order valence-corrected chi connectivity index (χ0v) is 11.8. The molecule has 2 rings (SSSR count). The van der Waals surface area contributed by atoms with E-state index >= 15 is 0 Å². The Morgan fingerprint density at radius 1 is 1.28 bits per heavy atom. The molecule has 0 bridgehead atoms. The van der Waals surface area contributed by atoms with E-state index in [1.807, 2.05) is 18.7 Å². The third kappa shape index (κ3) is 2.76. The largest absolute Gasteiger partial charge is 0.356 e. The lowest BCUT2D eigenvalue weighted by atomic mass is 10.1. The van der Waals surface area contributed by atoms with Gasteiger partial charge in [-0.25, -0.2) is 0 Å². The van der Waals surface area contributed by atoms with Gasteiger partial charge in [0.05, 0.1) is 5.69 Å². The third-order valence-corrected chi connectivity index (χ3v) is 3.69. The Kier molecular flexibility index (Phi) is 4.09. The first-order valence-corrected chi connectivity index (χ1v) is 6.92. The molecular weight excluding hydrogens is 244 g/mol. The van der Waals surface area contributed by atoms with Crippen molar-refractivity contribution >= 4 is 11.8 Å². The highest BCUT2D eigenvalue weighted by Crippen LogP contribution is 2.29. The maximum atomic E-state index is 5.72. The summed E-state index contributed by atoms with van der Waals surface area (Å²) in [5.41, 5.74) is 8.61. The van der Waals surface area contributed by atoms with Gasteiger partial charge in [-0.05, 0) is 19.1 Å². The highest BCUT2D eigenvalue weighted by molar-refractivity contribution is 7.99. The predicted molar refractivity (Wildman–Crippen MR) is 75.6 cm³/mol. The van der Waals surface area contributed by atoms with Gasteiger partial charge in [0.2, 0.25) is 0 Å². The van der Waals surface area contributed by atoms with Crippen LogP contribution in [-0.4, -0.2) is 10.4 Å². The summed E-state index contributed by atoms with van der Waals surface area (Å²) in [6.45, 7) is 6.74. The van der Waals surface area contributed by atoms with Gasteiger partial charge in [0.15, 0.2) is 5.76 Å². The van der Waals surface area contributed by atoms with Crippen LogP contribution in [0.15, 0.2) is 33.7 Å². The molecule has 3 nitrogen and oxygen atoms in total. The molecular formula is C14H18N2OS. The average Bonchev–Trinajstić information content (AvgIpc) is 2.70. The maximum Gasteiger partial charge on any atom is 0.171 e. The van der Waals surface area contributed by atoms with E-state index in [0.29, 0.717) is 11.8 Å². The Morgan fingerprint density at radius 2 is 1.94 bits per heavy atom. The summed E-state index contributed by atoms with van der Waals surface area (Å²) in [6.07, 6.45) is 0. The monoisotopic (exact) mass is 262 g/mol. The van der Waals surface area contributed by atoms with E-state index in [2.05, 4.69) is 43.3 Å². The molecule has 2 N–H and O–H groups in total. The molecule has 4 heteroatoms. The number of thioether (sulfide) groups is 1. The van der Waals surface area contributed by atoms with Crippen molar-refractivity contribution in [2.45, 2.75) is 37.5 Å². The second-order valence-electron chi connectivity index (χ2n) is 4.47. The molecule has 0 aliphatic rings. The van der Waals surface area contributed by atoms with E-state index in [4.69, 9.17) is 10.3 Å². The van der Waals surface area contributed by atoms with Crippen LogP contribution in [-0.2, 0) is 6.54 Å². The van der Waals surface area contributed by atoms with E-state index in [1.54, 1.807) is 0 Å². The summed E-state index contributed by atoms with van der Waals surface area (Å²) in [5.74, 6) is 0.788. The van der Waals surface area contributed by atoms with Crippen molar-refractivity contribution < 1.29 is 4.52 Å². The molecule has 96 valence electrons. The van der Waals surface area contributed by atoms with Crippen LogP contribution in [0.1, 0.15) is 25.1 Å². The molecule has 0 radical (unpaired) electrons. The molecule has 0 amide bonds. The summed E-state index contributed by atoms with van der Waals surface area (Å²) in [6, 6.07) is 8.34. The van der Waals surface area contributed by atoms with Gasteiger partial charge >= 0.3 is 0 Å². The van der Waals surface area contributed by atoms with Crippen LogP contribution in [0.4, 0.5) is 0 Å². The summed E-state index contributed by atoms with van der Waals surface area (Å²) < 4.78 is 5.36. The minimum Gasteiger partial charge on any atom is -0.356 e. The number of hydrogen-bond acceptors (Lipinski definition) is 4. The SMILES string of the molecule is Cc1noc(-c2ccc(SC(C)C)cc2)c1CN. The second kappa shape index (κ2) is 5.59. The van der Waals surface area contributed by atoms with E-state index < -0.39 is 0 Å². The summed E-state index contributed by atoms with van der Waals surface area (Å²) in [4.78, 5) is 1.26. The van der Waals surface area contributed by atoms with E-state index in [1.165, 1.54) is 4.90 Å². The predicted octanol–water partition coefficient (Wildman–Crippen LogP) is 3.61. The van der Waals surface area contributed by atoms with Gasteiger partial charge < -0.3 is 10.3 Å². The number of hydrogen-bond donors (Lipinski definition) is 1. The quantitative estimate of drug-likeness (QED) is 0.855. The van der Waals surface area contributed by atoms with Crippen molar-refractivity contribution in [3.05, 3.63) is 35.5 Å². The van der Waals surface area contributed by atoms with Crippen molar-refractivity contribution in [1.29, 1.82) is 0 Å². The van der Waals surface area contributed by atoms with Crippen molar-refractivity contribution in [2.75, 3.05) is 0 Å². The number of aryl methyl sites for hydroxylation is 1. The number of benzene rings is 1. The fourth-order valence-electron chi connectivity index (χ4n) is 1.81. The normalized spacial score (nSPS) is 11.2. The first kappa shape index (κ1) is 13.2. The minimum atomic E-state index is 0.452.